The summed E-state index contributed by atoms with van der Waals surface area (Å²) in [5.41, 5.74) is 16.3. The van der Waals surface area contributed by atoms with E-state index in [9.17, 15) is 4.79 Å². The van der Waals surface area contributed by atoms with Crippen molar-refractivity contribution in [1.29, 1.82) is 0 Å². The molecule has 1 fully saturated rings. The molecule has 2 aromatic heterocycles. The molecule has 0 aliphatic carbocycles. The maximum atomic E-state index is 12.8. The van der Waals surface area contributed by atoms with Crippen LogP contribution in [0.5, 0.6) is 0 Å². The summed E-state index contributed by atoms with van der Waals surface area (Å²) in [7, 11) is 1.71. The fraction of sp³-hybridized carbons (Fsp3) is 0.333. The van der Waals surface area contributed by atoms with Gasteiger partial charge in [0.1, 0.15) is 6.04 Å². The zero-order valence-corrected chi connectivity index (χ0v) is 18.9. The second-order valence-electron chi connectivity index (χ2n) is 8.12. The predicted molar refractivity (Wildman–Crippen MR) is 130 cm³/mol. The van der Waals surface area contributed by atoms with Gasteiger partial charge >= 0.3 is 0 Å². The second kappa shape index (κ2) is 9.83. The van der Waals surface area contributed by atoms with Crippen LogP contribution in [0.3, 0.4) is 0 Å². The number of allylic oxidation sites excluding steroid dienone is 1. The third-order valence-corrected chi connectivity index (χ3v) is 5.94. The van der Waals surface area contributed by atoms with E-state index in [0.29, 0.717) is 30.0 Å². The number of anilines is 1. The molecule has 9 heteroatoms. The van der Waals surface area contributed by atoms with Gasteiger partial charge in [-0.05, 0) is 38.0 Å². The van der Waals surface area contributed by atoms with Crippen LogP contribution in [0, 0.1) is 0 Å². The Balaban J connectivity index is 1.49. The Kier molecular flexibility index (Phi) is 6.69. The lowest BCUT2D eigenvalue weighted by Crippen LogP contribution is -2.44. The summed E-state index contributed by atoms with van der Waals surface area (Å²) < 4.78 is 7.13. The number of nitrogens with zero attached hydrogens (tertiary/aromatic N) is 5. The van der Waals surface area contributed by atoms with Gasteiger partial charge in [-0.1, -0.05) is 12.1 Å². The molecule has 33 heavy (non-hydrogen) atoms. The number of likely N-dealkylation sites (tertiary alicyclic amines) is 1. The molecular formula is C24H29N7O2. The molecule has 0 bridgehead atoms. The van der Waals surface area contributed by atoms with Crippen molar-refractivity contribution in [2.45, 2.75) is 31.9 Å². The van der Waals surface area contributed by atoms with E-state index in [-0.39, 0.29) is 12.0 Å². The van der Waals surface area contributed by atoms with Crippen molar-refractivity contribution in [2.24, 2.45) is 10.7 Å². The van der Waals surface area contributed by atoms with Crippen LogP contribution in [0.2, 0.25) is 0 Å². The van der Waals surface area contributed by atoms with Crippen LogP contribution in [0.15, 0.2) is 53.9 Å². The fourth-order valence-corrected chi connectivity index (χ4v) is 3.97. The van der Waals surface area contributed by atoms with Gasteiger partial charge < -0.3 is 21.1 Å². The number of amides is 1. The average molecular weight is 448 g/mol. The molecule has 1 saturated heterocycles. The van der Waals surface area contributed by atoms with E-state index in [1.54, 1.807) is 37.2 Å². The van der Waals surface area contributed by atoms with Crippen LogP contribution in [0.25, 0.3) is 22.5 Å². The summed E-state index contributed by atoms with van der Waals surface area (Å²) in [5.74, 6) is 0.00536. The van der Waals surface area contributed by atoms with Crippen LogP contribution in [-0.4, -0.2) is 64.0 Å². The van der Waals surface area contributed by atoms with Gasteiger partial charge in [0.05, 0.1) is 24.2 Å². The van der Waals surface area contributed by atoms with Gasteiger partial charge in [0, 0.05) is 55.0 Å². The van der Waals surface area contributed by atoms with Crippen LogP contribution < -0.4 is 11.5 Å². The average Bonchev–Trinajstić information content (AvgIpc) is 3.27. The second-order valence-corrected chi connectivity index (χ2v) is 8.12. The Morgan fingerprint density at radius 1 is 1.27 bits per heavy atom. The van der Waals surface area contributed by atoms with Gasteiger partial charge in [-0.25, -0.2) is 9.50 Å². The zero-order valence-electron chi connectivity index (χ0n) is 18.9. The molecule has 4 N–H and O–H groups in total. The molecule has 3 aromatic rings. The van der Waals surface area contributed by atoms with Crippen LogP contribution in [0.4, 0.5) is 5.69 Å². The normalized spacial score (nSPS) is 16.5. The first-order valence-corrected chi connectivity index (χ1v) is 11.0. The third-order valence-electron chi connectivity index (χ3n) is 5.94. The lowest BCUT2D eigenvalue weighted by atomic mass is 10.1. The van der Waals surface area contributed by atoms with Crippen molar-refractivity contribution in [3.8, 4) is 11.3 Å². The Hall–Kier alpha value is -3.72. The molecule has 1 atom stereocenters. The third kappa shape index (κ3) is 4.88. The van der Waals surface area contributed by atoms with Crippen molar-refractivity contribution in [1.82, 2.24) is 19.5 Å². The number of benzene rings is 1. The predicted octanol–water partition coefficient (Wildman–Crippen LogP) is 2.37. The molecule has 4 rings (SSSR count). The van der Waals surface area contributed by atoms with Crippen LogP contribution in [-0.2, 0) is 9.53 Å². The minimum absolute atomic E-state index is 0.00536. The molecule has 1 aromatic carbocycles. The number of carbonyl (C=O) groups excluding carboxylic acids is 1. The van der Waals surface area contributed by atoms with Crippen molar-refractivity contribution >= 4 is 29.0 Å². The quantitative estimate of drug-likeness (QED) is 0.442. The van der Waals surface area contributed by atoms with Gasteiger partial charge in [0.15, 0.2) is 5.65 Å². The van der Waals surface area contributed by atoms with Gasteiger partial charge in [0.25, 0.3) is 0 Å². The van der Waals surface area contributed by atoms with Gasteiger partial charge in [-0.3, -0.25) is 9.79 Å². The monoisotopic (exact) mass is 447 g/mol. The van der Waals surface area contributed by atoms with Crippen molar-refractivity contribution < 1.29 is 9.53 Å². The van der Waals surface area contributed by atoms with E-state index < -0.39 is 6.04 Å². The topological polar surface area (TPSA) is 124 Å². The van der Waals surface area contributed by atoms with E-state index in [4.69, 9.17) is 16.2 Å². The molecule has 172 valence electrons. The molecule has 9 nitrogen and oxygen atoms in total. The van der Waals surface area contributed by atoms with Crippen molar-refractivity contribution in [2.75, 3.05) is 25.9 Å². The van der Waals surface area contributed by atoms with Crippen molar-refractivity contribution in [3.63, 3.8) is 0 Å². The number of methoxy groups -OCH3 is 1. The number of ether oxygens (including phenoxy) is 1. The van der Waals surface area contributed by atoms with Gasteiger partial charge in [-0.2, -0.15) is 5.10 Å². The summed E-state index contributed by atoms with van der Waals surface area (Å²) in [4.78, 5) is 23.5. The summed E-state index contributed by atoms with van der Waals surface area (Å²) >= 11 is 0. The number of nitrogens with two attached hydrogens (primary N) is 2. The first kappa shape index (κ1) is 22.5. The highest BCUT2D eigenvalue weighted by Crippen LogP contribution is 2.23. The number of imidazole rings is 1. The summed E-state index contributed by atoms with van der Waals surface area (Å²) in [6.45, 7) is 3.17. The van der Waals surface area contributed by atoms with E-state index in [1.165, 1.54) is 6.20 Å². The summed E-state index contributed by atoms with van der Waals surface area (Å²) in [5, 5.41) is 4.54. The first-order chi connectivity index (χ1) is 16.0. The number of piperidine rings is 1. The molecule has 0 spiro atoms. The Morgan fingerprint density at radius 3 is 2.76 bits per heavy atom. The summed E-state index contributed by atoms with van der Waals surface area (Å²) in [6, 6.07) is 8.96. The number of aliphatic imine (C=N–C) groups is 1. The molecule has 1 aliphatic heterocycles. The van der Waals surface area contributed by atoms with Crippen LogP contribution >= 0.6 is 0 Å². The number of hydrogen-bond donors (Lipinski definition) is 2. The number of nitrogen functional groups attached to an aromatic ring is 1. The van der Waals surface area contributed by atoms with E-state index in [1.807, 2.05) is 35.2 Å². The Bertz CT molecular complexity index is 1190. The van der Waals surface area contributed by atoms with E-state index >= 15 is 0 Å². The molecule has 1 aliphatic rings. The molecule has 0 radical (unpaired) electrons. The number of fused-ring (bicyclic) bond motifs is 1. The molecule has 3 heterocycles. The Morgan fingerprint density at radius 2 is 2.06 bits per heavy atom. The number of carbonyl (C=O) groups is 1. The van der Waals surface area contributed by atoms with Gasteiger partial charge in [0.2, 0.25) is 5.91 Å². The maximum Gasteiger partial charge on any atom is 0.247 e. The highest BCUT2D eigenvalue weighted by atomic mass is 16.5. The van der Waals surface area contributed by atoms with Gasteiger partial charge in [-0.15, -0.1) is 0 Å². The number of aromatic nitrogens is 3. The van der Waals surface area contributed by atoms with Crippen LogP contribution in [0.1, 0.15) is 25.3 Å². The lowest BCUT2D eigenvalue weighted by Gasteiger charge is -2.32. The molecule has 1 unspecified atom stereocenters. The summed E-state index contributed by atoms with van der Waals surface area (Å²) in [6.07, 6.45) is 8.47. The zero-order chi connectivity index (χ0) is 23.4. The highest BCUT2D eigenvalue weighted by Gasteiger charge is 2.25. The van der Waals surface area contributed by atoms with E-state index in [2.05, 4.69) is 15.1 Å². The van der Waals surface area contributed by atoms with E-state index in [0.717, 1.165) is 29.7 Å². The molecule has 0 saturated carbocycles. The minimum atomic E-state index is -0.502. The standard InChI is InChI=1S/C24H29N7O2/c1-16(24(32)30-8-6-21(33-2)7-9-30)27-13-19(12-25)18-11-23-28-15-22(31(23)29-14-18)17-4-3-5-20(26)10-17/h3-5,10-16,21H,6-9,25-26H2,1-2H3. The number of hydrogen-bond acceptors (Lipinski definition) is 7. The largest absolute Gasteiger partial charge is 0.404 e. The minimum Gasteiger partial charge on any atom is -0.404 e. The molecule has 1 amide bonds. The first-order valence-electron chi connectivity index (χ1n) is 11.0. The SMILES string of the molecule is COC1CCN(C(=O)C(C)N=CC(=CN)c2cnn3c(-c4cccc(N)c4)cnc3c2)CC1. The smallest absolute Gasteiger partial charge is 0.247 e. The maximum absolute atomic E-state index is 12.8. The fourth-order valence-electron chi connectivity index (χ4n) is 3.97. The number of rotatable bonds is 6. The van der Waals surface area contributed by atoms with Crippen molar-refractivity contribution in [3.05, 3.63) is 54.5 Å². The lowest BCUT2D eigenvalue weighted by molar-refractivity contribution is -0.134. The Labute approximate surface area is 192 Å². The molecular weight excluding hydrogens is 418 g/mol. The highest BCUT2D eigenvalue weighted by molar-refractivity contribution is 6.10.